The minimum absolute atomic E-state index is 0.996. The molecule has 0 aliphatic carbocycles. The summed E-state index contributed by atoms with van der Waals surface area (Å²) in [5.74, 6) is 0. The lowest BCUT2D eigenvalue weighted by Crippen LogP contribution is -2.12. The molecule has 1 aliphatic heterocycles. The summed E-state index contributed by atoms with van der Waals surface area (Å²) in [6.07, 6.45) is 2.39. The third-order valence-electron chi connectivity index (χ3n) is 1.49. The van der Waals surface area contributed by atoms with E-state index >= 15 is 0 Å². The highest BCUT2D eigenvalue weighted by molar-refractivity contribution is 7.43. The van der Waals surface area contributed by atoms with E-state index in [4.69, 9.17) is 9.42 Å². The van der Waals surface area contributed by atoms with Crippen LogP contribution in [-0.4, -0.2) is 29.8 Å². The Balaban J connectivity index is 0.000000461. The second-order valence-corrected chi connectivity index (χ2v) is 3.53. The fraction of sp³-hybridized carbons (Fsp3) is 1.00. The van der Waals surface area contributed by atoms with Crippen LogP contribution in [0.2, 0.25) is 0 Å². The van der Waals surface area contributed by atoms with Gasteiger partial charge in [-0.05, 0) is 12.8 Å². The van der Waals surface area contributed by atoms with Crippen molar-refractivity contribution in [3.63, 3.8) is 0 Å². The van der Waals surface area contributed by atoms with Gasteiger partial charge in [0, 0.05) is 20.2 Å². The molecular weight excluding hydrogens is 161 g/mol. The van der Waals surface area contributed by atoms with Crippen LogP contribution in [0.5, 0.6) is 0 Å². The van der Waals surface area contributed by atoms with Crippen LogP contribution in [0, 0.1) is 0 Å². The van der Waals surface area contributed by atoms with Gasteiger partial charge in [-0.3, -0.25) is 0 Å². The summed E-state index contributed by atoms with van der Waals surface area (Å²) in [6.45, 7) is 5.99. The molecule has 3 nitrogen and oxygen atoms in total. The van der Waals surface area contributed by atoms with Gasteiger partial charge in [0.25, 0.3) is 8.53 Å². The summed E-state index contributed by atoms with van der Waals surface area (Å²) in [7, 11) is 0.300. The van der Waals surface area contributed by atoms with Crippen LogP contribution in [0.3, 0.4) is 0 Å². The van der Waals surface area contributed by atoms with Crippen molar-refractivity contribution >= 4 is 8.53 Å². The van der Waals surface area contributed by atoms with Gasteiger partial charge in [0.15, 0.2) is 0 Å². The van der Waals surface area contributed by atoms with Crippen LogP contribution < -0.4 is 0 Å². The zero-order valence-corrected chi connectivity index (χ0v) is 8.47. The van der Waals surface area contributed by atoms with E-state index in [0.29, 0.717) is 0 Å². The molecular formula is C7H18NO2P. The number of hydrogen-bond donors (Lipinski definition) is 1. The SMILES string of the molecule is CC.COP(O)N1CCCC1. The molecule has 68 valence electrons. The van der Waals surface area contributed by atoms with E-state index in [1.54, 1.807) is 7.11 Å². The highest BCUT2D eigenvalue weighted by Gasteiger charge is 2.19. The quantitative estimate of drug-likeness (QED) is 0.658. The van der Waals surface area contributed by atoms with Crippen molar-refractivity contribution in [1.82, 2.24) is 4.67 Å². The van der Waals surface area contributed by atoms with E-state index in [-0.39, 0.29) is 0 Å². The van der Waals surface area contributed by atoms with E-state index in [1.807, 2.05) is 18.5 Å². The zero-order valence-electron chi connectivity index (χ0n) is 7.58. The first-order valence-corrected chi connectivity index (χ1v) is 5.29. The monoisotopic (exact) mass is 179 g/mol. The Hall–Kier alpha value is 0.310. The Labute approximate surface area is 70.3 Å². The van der Waals surface area contributed by atoms with Gasteiger partial charge in [-0.15, -0.1) is 0 Å². The summed E-state index contributed by atoms with van der Waals surface area (Å²) in [6, 6.07) is 0. The van der Waals surface area contributed by atoms with E-state index in [9.17, 15) is 0 Å². The first-order valence-electron chi connectivity index (χ1n) is 4.12. The highest BCUT2D eigenvalue weighted by Crippen LogP contribution is 2.37. The van der Waals surface area contributed by atoms with Crippen LogP contribution >= 0.6 is 8.53 Å². The summed E-state index contributed by atoms with van der Waals surface area (Å²) in [4.78, 5) is 9.13. The van der Waals surface area contributed by atoms with Gasteiger partial charge in [-0.25, -0.2) is 4.67 Å². The van der Waals surface area contributed by atoms with Crippen molar-refractivity contribution in [3.8, 4) is 0 Å². The molecule has 0 bridgehead atoms. The minimum atomic E-state index is -1.25. The van der Waals surface area contributed by atoms with Gasteiger partial charge in [0.05, 0.1) is 0 Å². The van der Waals surface area contributed by atoms with Crippen molar-refractivity contribution in [2.75, 3.05) is 20.2 Å². The number of hydrogen-bond acceptors (Lipinski definition) is 3. The van der Waals surface area contributed by atoms with Gasteiger partial charge in [0.1, 0.15) is 0 Å². The largest absolute Gasteiger partial charge is 0.338 e. The molecule has 1 saturated heterocycles. The molecule has 1 fully saturated rings. The Morgan fingerprint density at radius 3 is 2.09 bits per heavy atom. The summed E-state index contributed by atoms with van der Waals surface area (Å²) < 4.78 is 6.76. The van der Waals surface area contributed by atoms with Crippen LogP contribution in [0.4, 0.5) is 0 Å². The minimum Gasteiger partial charge on any atom is -0.338 e. The van der Waals surface area contributed by atoms with Crippen LogP contribution in [0.25, 0.3) is 0 Å². The Morgan fingerprint density at radius 1 is 1.27 bits per heavy atom. The van der Waals surface area contributed by atoms with Gasteiger partial charge < -0.3 is 9.42 Å². The third kappa shape index (κ3) is 4.02. The Bertz CT molecular complexity index is 86.5. The molecule has 0 aromatic carbocycles. The predicted molar refractivity (Wildman–Crippen MR) is 48.3 cm³/mol. The average molecular weight is 179 g/mol. The molecule has 1 unspecified atom stereocenters. The van der Waals surface area contributed by atoms with Gasteiger partial charge in [0.2, 0.25) is 0 Å². The first kappa shape index (κ1) is 11.3. The fourth-order valence-electron chi connectivity index (χ4n) is 0.987. The molecule has 11 heavy (non-hydrogen) atoms. The number of rotatable bonds is 2. The van der Waals surface area contributed by atoms with Crippen LogP contribution in [0.15, 0.2) is 0 Å². The second kappa shape index (κ2) is 6.99. The van der Waals surface area contributed by atoms with Gasteiger partial charge >= 0.3 is 0 Å². The van der Waals surface area contributed by atoms with E-state index < -0.39 is 8.53 Å². The highest BCUT2D eigenvalue weighted by atomic mass is 31.2. The average Bonchev–Trinajstić information content (AvgIpc) is 2.59. The predicted octanol–water partition coefficient (Wildman–Crippen LogP) is 1.97. The molecule has 0 spiro atoms. The zero-order chi connectivity index (χ0) is 8.69. The fourth-order valence-corrected chi connectivity index (χ4v) is 1.84. The molecule has 0 aromatic rings. The molecule has 4 heteroatoms. The topological polar surface area (TPSA) is 32.7 Å². The summed E-state index contributed by atoms with van der Waals surface area (Å²) in [5.41, 5.74) is 0. The third-order valence-corrected chi connectivity index (χ3v) is 2.70. The van der Waals surface area contributed by atoms with Crippen molar-refractivity contribution in [2.24, 2.45) is 0 Å². The van der Waals surface area contributed by atoms with Crippen LogP contribution in [-0.2, 0) is 4.52 Å². The Kier molecular flexibility index (Phi) is 7.18. The van der Waals surface area contributed by atoms with Crippen LogP contribution in [0.1, 0.15) is 26.7 Å². The molecule has 0 radical (unpaired) electrons. The normalized spacial score (nSPS) is 20.7. The molecule has 0 saturated carbocycles. The van der Waals surface area contributed by atoms with Crippen molar-refractivity contribution in [1.29, 1.82) is 0 Å². The van der Waals surface area contributed by atoms with Gasteiger partial charge in [-0.1, -0.05) is 13.8 Å². The smallest absolute Gasteiger partial charge is 0.255 e. The lowest BCUT2D eigenvalue weighted by atomic mass is 10.4. The second-order valence-electron chi connectivity index (χ2n) is 2.10. The maximum absolute atomic E-state index is 9.13. The molecule has 0 aromatic heterocycles. The summed E-state index contributed by atoms with van der Waals surface area (Å²) in [5, 5.41) is 0. The van der Waals surface area contributed by atoms with Crippen molar-refractivity contribution in [2.45, 2.75) is 26.7 Å². The van der Waals surface area contributed by atoms with E-state index in [0.717, 1.165) is 13.1 Å². The molecule has 1 atom stereocenters. The molecule has 1 rings (SSSR count). The van der Waals surface area contributed by atoms with Crippen molar-refractivity contribution < 1.29 is 9.42 Å². The summed E-state index contributed by atoms with van der Waals surface area (Å²) >= 11 is 0. The number of nitrogens with zero attached hydrogens (tertiary/aromatic N) is 1. The maximum Gasteiger partial charge on any atom is 0.255 e. The van der Waals surface area contributed by atoms with Gasteiger partial charge in [-0.2, -0.15) is 0 Å². The van der Waals surface area contributed by atoms with Crippen molar-refractivity contribution in [3.05, 3.63) is 0 Å². The maximum atomic E-state index is 9.13. The van der Waals surface area contributed by atoms with E-state index in [1.165, 1.54) is 12.8 Å². The molecule has 1 N–H and O–H groups in total. The standard InChI is InChI=1S/C5H12NO2P.C2H6/c1-8-9(7)6-4-2-3-5-6;1-2/h7H,2-5H2,1H3;1-2H3. The lowest BCUT2D eigenvalue weighted by molar-refractivity contribution is 0.324. The Morgan fingerprint density at radius 2 is 1.73 bits per heavy atom. The molecule has 0 amide bonds. The van der Waals surface area contributed by atoms with E-state index in [2.05, 4.69) is 0 Å². The molecule has 1 heterocycles. The lowest BCUT2D eigenvalue weighted by Gasteiger charge is -2.17. The molecule has 1 aliphatic rings. The first-order chi connectivity index (χ1) is 5.34.